The number of carbonyl (C=O) groups excluding carboxylic acids is 1. The molecule has 1 fully saturated rings. The smallest absolute Gasteiger partial charge is 0.407 e. The Balaban J connectivity index is 1.40. The fraction of sp³-hybridized carbons (Fsp3) is 0.381. The lowest BCUT2D eigenvalue weighted by Crippen LogP contribution is -2.33. The second-order valence-corrected chi connectivity index (χ2v) is 6.96. The van der Waals surface area contributed by atoms with E-state index in [2.05, 4.69) is 29.6 Å². The molecule has 1 amide bonds. The van der Waals surface area contributed by atoms with Gasteiger partial charge < -0.3 is 15.2 Å². The van der Waals surface area contributed by atoms with Crippen LogP contribution in [0.3, 0.4) is 0 Å². The van der Waals surface area contributed by atoms with Crippen LogP contribution in [0.25, 0.3) is 11.1 Å². The molecule has 0 heterocycles. The molecular formula is C21H23NO3. The minimum absolute atomic E-state index is 0.0789. The van der Waals surface area contributed by atoms with Crippen LogP contribution >= 0.6 is 0 Å². The van der Waals surface area contributed by atoms with Crippen LogP contribution in [0.4, 0.5) is 4.79 Å². The number of fused-ring (bicyclic) bond motifs is 3. The maximum absolute atomic E-state index is 12.1. The molecule has 0 spiro atoms. The zero-order chi connectivity index (χ0) is 17.2. The number of alkyl carbamates (subject to hydrolysis) is 1. The van der Waals surface area contributed by atoms with Crippen LogP contribution < -0.4 is 5.32 Å². The molecule has 2 aliphatic carbocycles. The van der Waals surface area contributed by atoms with E-state index in [-0.39, 0.29) is 17.9 Å². The summed E-state index contributed by atoms with van der Waals surface area (Å²) in [5.74, 6) is 0.232. The Morgan fingerprint density at radius 2 is 1.68 bits per heavy atom. The van der Waals surface area contributed by atoms with Crippen LogP contribution in [0.5, 0.6) is 0 Å². The van der Waals surface area contributed by atoms with Gasteiger partial charge in [0.25, 0.3) is 0 Å². The van der Waals surface area contributed by atoms with Gasteiger partial charge in [0.1, 0.15) is 6.61 Å². The van der Waals surface area contributed by atoms with Gasteiger partial charge >= 0.3 is 6.09 Å². The second-order valence-electron chi connectivity index (χ2n) is 6.96. The molecule has 130 valence electrons. The predicted molar refractivity (Wildman–Crippen MR) is 96.4 cm³/mol. The maximum Gasteiger partial charge on any atom is 0.407 e. The SMILES string of the molecule is O=C(NC[C@H]1CCC[C@@H]1O)OCC1c2ccccc2-c2ccccc21. The van der Waals surface area contributed by atoms with Crippen molar-refractivity contribution >= 4 is 6.09 Å². The highest BCUT2D eigenvalue weighted by molar-refractivity contribution is 5.79. The highest BCUT2D eigenvalue weighted by Crippen LogP contribution is 2.44. The molecule has 1 saturated carbocycles. The zero-order valence-corrected chi connectivity index (χ0v) is 14.2. The second kappa shape index (κ2) is 6.89. The Kier molecular flexibility index (Phi) is 4.45. The van der Waals surface area contributed by atoms with E-state index in [0.29, 0.717) is 13.2 Å². The molecule has 2 aromatic carbocycles. The van der Waals surface area contributed by atoms with E-state index in [0.717, 1.165) is 19.3 Å². The van der Waals surface area contributed by atoms with Crippen molar-refractivity contribution in [3.05, 3.63) is 59.7 Å². The Morgan fingerprint density at radius 1 is 1.04 bits per heavy atom. The van der Waals surface area contributed by atoms with E-state index in [9.17, 15) is 9.90 Å². The van der Waals surface area contributed by atoms with E-state index in [1.54, 1.807) is 0 Å². The van der Waals surface area contributed by atoms with Crippen molar-refractivity contribution in [3.63, 3.8) is 0 Å². The van der Waals surface area contributed by atoms with Crippen molar-refractivity contribution in [2.75, 3.05) is 13.2 Å². The van der Waals surface area contributed by atoms with Gasteiger partial charge in [-0.2, -0.15) is 0 Å². The normalized spacial score (nSPS) is 21.6. The van der Waals surface area contributed by atoms with Gasteiger partial charge in [-0.3, -0.25) is 0 Å². The van der Waals surface area contributed by atoms with Crippen LogP contribution in [0.15, 0.2) is 48.5 Å². The summed E-state index contributed by atoms with van der Waals surface area (Å²) in [6.07, 6.45) is 2.12. The van der Waals surface area contributed by atoms with Crippen molar-refractivity contribution in [1.82, 2.24) is 5.32 Å². The van der Waals surface area contributed by atoms with E-state index >= 15 is 0 Å². The van der Waals surface area contributed by atoms with Crippen molar-refractivity contribution in [2.24, 2.45) is 5.92 Å². The highest BCUT2D eigenvalue weighted by atomic mass is 16.5. The monoisotopic (exact) mass is 337 g/mol. The summed E-state index contributed by atoms with van der Waals surface area (Å²) < 4.78 is 5.50. The average molecular weight is 337 g/mol. The molecule has 0 bridgehead atoms. The molecule has 2 atom stereocenters. The number of carbonyl (C=O) groups is 1. The summed E-state index contributed by atoms with van der Waals surface area (Å²) >= 11 is 0. The van der Waals surface area contributed by atoms with Crippen LogP contribution in [0.2, 0.25) is 0 Å². The molecule has 2 aliphatic rings. The van der Waals surface area contributed by atoms with Gasteiger partial charge in [-0.15, -0.1) is 0 Å². The molecule has 2 N–H and O–H groups in total. The quantitative estimate of drug-likeness (QED) is 0.895. The molecule has 25 heavy (non-hydrogen) atoms. The van der Waals surface area contributed by atoms with Gasteiger partial charge in [0, 0.05) is 18.4 Å². The molecule has 4 heteroatoms. The largest absolute Gasteiger partial charge is 0.449 e. The van der Waals surface area contributed by atoms with E-state index < -0.39 is 6.09 Å². The Labute approximate surface area is 147 Å². The maximum atomic E-state index is 12.1. The van der Waals surface area contributed by atoms with Gasteiger partial charge in [-0.25, -0.2) is 4.79 Å². The standard InChI is InChI=1S/C21H23NO3/c23-20-11-5-6-14(20)12-22-21(24)25-13-19-17-9-3-1-7-15(17)16-8-2-4-10-18(16)19/h1-4,7-10,14,19-20,23H,5-6,11-13H2,(H,22,24)/t14-,20+/m1/s1. The predicted octanol–water partition coefficient (Wildman–Crippen LogP) is 3.69. The third kappa shape index (κ3) is 3.14. The van der Waals surface area contributed by atoms with E-state index in [1.807, 2.05) is 24.3 Å². The van der Waals surface area contributed by atoms with Gasteiger partial charge in [-0.05, 0) is 35.1 Å². The van der Waals surface area contributed by atoms with Crippen molar-refractivity contribution < 1.29 is 14.6 Å². The number of rotatable bonds is 4. The highest BCUT2D eigenvalue weighted by Gasteiger charge is 2.29. The van der Waals surface area contributed by atoms with Gasteiger partial charge in [0.15, 0.2) is 0 Å². The number of nitrogens with one attached hydrogen (secondary N) is 1. The molecule has 0 aliphatic heterocycles. The van der Waals surface area contributed by atoms with Crippen LogP contribution in [0, 0.1) is 5.92 Å². The topological polar surface area (TPSA) is 58.6 Å². The van der Waals surface area contributed by atoms with Crippen molar-refractivity contribution in [2.45, 2.75) is 31.3 Å². The number of amides is 1. The first-order chi connectivity index (χ1) is 12.2. The van der Waals surface area contributed by atoms with Gasteiger partial charge in [-0.1, -0.05) is 55.0 Å². The van der Waals surface area contributed by atoms with Crippen LogP contribution in [-0.2, 0) is 4.74 Å². The summed E-state index contributed by atoms with van der Waals surface area (Å²) in [5.41, 5.74) is 4.87. The third-order valence-corrected chi connectivity index (χ3v) is 5.47. The summed E-state index contributed by atoms with van der Waals surface area (Å²) in [6.45, 7) is 0.810. The fourth-order valence-corrected chi connectivity index (χ4v) is 4.12. The lowest BCUT2D eigenvalue weighted by atomic mass is 9.98. The van der Waals surface area contributed by atoms with Gasteiger partial charge in [0.05, 0.1) is 6.10 Å². The molecule has 0 radical (unpaired) electrons. The van der Waals surface area contributed by atoms with Crippen LogP contribution in [-0.4, -0.2) is 30.5 Å². The first-order valence-corrected chi connectivity index (χ1v) is 9.01. The first kappa shape index (κ1) is 16.2. The lowest BCUT2D eigenvalue weighted by molar-refractivity contribution is 0.119. The van der Waals surface area contributed by atoms with E-state index in [1.165, 1.54) is 22.3 Å². The summed E-state index contributed by atoms with van der Waals surface area (Å²) in [7, 11) is 0. The molecule has 0 unspecified atom stereocenters. The molecule has 0 saturated heterocycles. The van der Waals surface area contributed by atoms with Crippen molar-refractivity contribution in [1.29, 1.82) is 0 Å². The van der Waals surface area contributed by atoms with Gasteiger partial charge in [0.2, 0.25) is 0 Å². The number of hydrogen-bond acceptors (Lipinski definition) is 3. The number of aliphatic hydroxyl groups excluding tert-OH is 1. The first-order valence-electron chi connectivity index (χ1n) is 9.01. The number of ether oxygens (including phenoxy) is 1. The Hall–Kier alpha value is -2.33. The fourth-order valence-electron chi connectivity index (χ4n) is 4.12. The molecule has 4 rings (SSSR count). The average Bonchev–Trinajstić information content (AvgIpc) is 3.19. The third-order valence-electron chi connectivity index (χ3n) is 5.47. The summed E-state index contributed by atoms with van der Waals surface area (Å²) in [5, 5.41) is 12.6. The number of benzene rings is 2. The Morgan fingerprint density at radius 3 is 2.28 bits per heavy atom. The molecule has 2 aromatic rings. The van der Waals surface area contributed by atoms with Crippen LogP contribution in [0.1, 0.15) is 36.3 Å². The molecule has 0 aromatic heterocycles. The summed E-state index contributed by atoms with van der Waals surface area (Å²) in [6, 6.07) is 16.6. The minimum atomic E-state index is -0.402. The van der Waals surface area contributed by atoms with E-state index in [4.69, 9.17) is 4.74 Å². The summed E-state index contributed by atoms with van der Waals surface area (Å²) in [4.78, 5) is 12.1. The van der Waals surface area contributed by atoms with Crippen molar-refractivity contribution in [3.8, 4) is 11.1 Å². The Bertz CT molecular complexity index is 728. The molecule has 4 nitrogen and oxygen atoms in total. The zero-order valence-electron chi connectivity index (χ0n) is 14.2. The minimum Gasteiger partial charge on any atom is -0.449 e. The molecular weight excluding hydrogens is 314 g/mol. The number of hydrogen-bond donors (Lipinski definition) is 2. The number of aliphatic hydroxyl groups is 1. The lowest BCUT2D eigenvalue weighted by Gasteiger charge is -2.17.